The number of nitrogens with zero attached hydrogens (tertiary/aromatic N) is 3. The van der Waals surface area contributed by atoms with Crippen molar-refractivity contribution in [3.63, 3.8) is 0 Å². The highest BCUT2D eigenvalue weighted by Crippen LogP contribution is 2.15. The Morgan fingerprint density at radius 2 is 2.28 bits per heavy atom. The molecule has 0 aliphatic carbocycles. The molecule has 0 amide bonds. The second kappa shape index (κ2) is 6.35. The molecule has 5 heteroatoms. The van der Waals surface area contributed by atoms with Crippen molar-refractivity contribution in [3.05, 3.63) is 36.4 Å². The molecule has 1 atom stereocenters. The number of rotatable bonds is 7. The third-order valence-electron chi connectivity index (χ3n) is 3.07. The summed E-state index contributed by atoms with van der Waals surface area (Å²) in [5, 5.41) is 3.52. The highest BCUT2D eigenvalue weighted by molar-refractivity contribution is 4.98. The Kier molecular flexibility index (Phi) is 4.52. The number of aromatic nitrogens is 4. The van der Waals surface area contributed by atoms with Crippen molar-refractivity contribution in [2.45, 2.75) is 32.2 Å². The van der Waals surface area contributed by atoms with Gasteiger partial charge in [0.25, 0.3) is 0 Å². The summed E-state index contributed by atoms with van der Waals surface area (Å²) in [4.78, 5) is 11.9. The van der Waals surface area contributed by atoms with E-state index in [0.717, 1.165) is 37.5 Å². The molecule has 2 aromatic heterocycles. The van der Waals surface area contributed by atoms with Crippen LogP contribution in [0.5, 0.6) is 0 Å². The number of nitrogens with one attached hydrogen (secondary N) is 2. The molecule has 0 saturated carbocycles. The third-order valence-corrected chi connectivity index (χ3v) is 3.07. The summed E-state index contributed by atoms with van der Waals surface area (Å²) < 4.78 is 2.07. The highest BCUT2D eigenvalue weighted by atomic mass is 15.0. The van der Waals surface area contributed by atoms with Gasteiger partial charge in [-0.2, -0.15) is 0 Å². The number of imidazole rings is 2. The zero-order chi connectivity index (χ0) is 12.8. The molecule has 0 aliphatic rings. The largest absolute Gasteiger partial charge is 0.347 e. The molecule has 0 aliphatic heterocycles. The van der Waals surface area contributed by atoms with E-state index in [4.69, 9.17) is 0 Å². The fraction of sp³-hybridized carbons (Fsp3) is 0.538. The SMILES string of the molecule is CCCNC(CCc1nccn1C)c1ncc[nH]1. The fourth-order valence-corrected chi connectivity index (χ4v) is 2.03. The first-order chi connectivity index (χ1) is 8.81. The van der Waals surface area contributed by atoms with Crippen LogP contribution >= 0.6 is 0 Å². The minimum Gasteiger partial charge on any atom is -0.347 e. The van der Waals surface area contributed by atoms with Crippen LogP contribution in [-0.2, 0) is 13.5 Å². The first-order valence-corrected chi connectivity index (χ1v) is 6.50. The normalized spacial score (nSPS) is 12.8. The van der Waals surface area contributed by atoms with Crippen molar-refractivity contribution in [2.75, 3.05) is 6.54 Å². The van der Waals surface area contributed by atoms with Gasteiger partial charge in [-0.1, -0.05) is 6.92 Å². The molecular weight excluding hydrogens is 226 g/mol. The highest BCUT2D eigenvalue weighted by Gasteiger charge is 2.13. The molecule has 2 rings (SSSR count). The van der Waals surface area contributed by atoms with Gasteiger partial charge in [0.05, 0.1) is 6.04 Å². The second-order valence-electron chi connectivity index (χ2n) is 4.47. The minimum atomic E-state index is 0.275. The molecule has 5 nitrogen and oxygen atoms in total. The van der Waals surface area contributed by atoms with Crippen LogP contribution in [0.25, 0.3) is 0 Å². The van der Waals surface area contributed by atoms with Gasteiger partial charge in [-0.15, -0.1) is 0 Å². The molecule has 1 unspecified atom stereocenters. The van der Waals surface area contributed by atoms with Gasteiger partial charge in [0, 0.05) is 38.3 Å². The first-order valence-electron chi connectivity index (χ1n) is 6.50. The van der Waals surface area contributed by atoms with Gasteiger partial charge in [0.1, 0.15) is 11.6 Å². The maximum Gasteiger partial charge on any atom is 0.123 e. The molecule has 2 N–H and O–H groups in total. The van der Waals surface area contributed by atoms with Crippen LogP contribution in [0.3, 0.4) is 0 Å². The maximum absolute atomic E-state index is 4.35. The van der Waals surface area contributed by atoms with Crippen LogP contribution in [0.2, 0.25) is 0 Å². The number of aromatic amines is 1. The average Bonchev–Trinajstić information content (AvgIpc) is 3.01. The Labute approximate surface area is 108 Å². The lowest BCUT2D eigenvalue weighted by Crippen LogP contribution is -2.24. The van der Waals surface area contributed by atoms with Crippen molar-refractivity contribution >= 4 is 0 Å². The van der Waals surface area contributed by atoms with Crippen LogP contribution in [-0.4, -0.2) is 26.1 Å². The monoisotopic (exact) mass is 247 g/mol. The van der Waals surface area contributed by atoms with E-state index in [1.54, 1.807) is 6.20 Å². The van der Waals surface area contributed by atoms with Crippen molar-refractivity contribution in [3.8, 4) is 0 Å². The predicted octanol–water partition coefficient (Wildman–Crippen LogP) is 1.82. The van der Waals surface area contributed by atoms with Crippen LogP contribution in [0.15, 0.2) is 24.8 Å². The molecular formula is C13H21N5. The van der Waals surface area contributed by atoms with E-state index in [1.165, 1.54) is 0 Å². The second-order valence-corrected chi connectivity index (χ2v) is 4.47. The van der Waals surface area contributed by atoms with E-state index in [2.05, 4.69) is 31.8 Å². The average molecular weight is 247 g/mol. The number of hydrogen-bond acceptors (Lipinski definition) is 3. The zero-order valence-corrected chi connectivity index (χ0v) is 11.1. The van der Waals surface area contributed by atoms with Crippen molar-refractivity contribution in [1.82, 2.24) is 24.8 Å². The fourth-order valence-electron chi connectivity index (χ4n) is 2.03. The Morgan fingerprint density at radius 1 is 1.39 bits per heavy atom. The van der Waals surface area contributed by atoms with Gasteiger partial charge in [-0.3, -0.25) is 0 Å². The summed E-state index contributed by atoms with van der Waals surface area (Å²) in [5.41, 5.74) is 0. The van der Waals surface area contributed by atoms with Crippen molar-refractivity contribution < 1.29 is 0 Å². The van der Waals surface area contributed by atoms with E-state index >= 15 is 0 Å². The summed E-state index contributed by atoms with van der Waals surface area (Å²) in [5.74, 6) is 2.13. The van der Waals surface area contributed by atoms with E-state index in [1.807, 2.05) is 25.6 Å². The van der Waals surface area contributed by atoms with Crippen molar-refractivity contribution in [1.29, 1.82) is 0 Å². The summed E-state index contributed by atoms with van der Waals surface area (Å²) in [7, 11) is 2.03. The van der Waals surface area contributed by atoms with E-state index in [-0.39, 0.29) is 6.04 Å². The van der Waals surface area contributed by atoms with E-state index < -0.39 is 0 Å². The summed E-state index contributed by atoms with van der Waals surface area (Å²) in [6.45, 7) is 3.18. The molecule has 0 bridgehead atoms. The zero-order valence-electron chi connectivity index (χ0n) is 11.1. The summed E-state index contributed by atoms with van der Waals surface area (Å²) in [6.07, 6.45) is 10.6. The van der Waals surface area contributed by atoms with Crippen LogP contribution in [0.1, 0.15) is 37.5 Å². The summed E-state index contributed by atoms with van der Waals surface area (Å²) >= 11 is 0. The lowest BCUT2D eigenvalue weighted by Gasteiger charge is -2.16. The van der Waals surface area contributed by atoms with E-state index in [9.17, 15) is 0 Å². The lowest BCUT2D eigenvalue weighted by molar-refractivity contribution is 0.473. The molecule has 0 aromatic carbocycles. The lowest BCUT2D eigenvalue weighted by atomic mass is 10.1. The van der Waals surface area contributed by atoms with Gasteiger partial charge >= 0.3 is 0 Å². The molecule has 18 heavy (non-hydrogen) atoms. The van der Waals surface area contributed by atoms with Gasteiger partial charge < -0.3 is 14.9 Å². The molecule has 98 valence electrons. The Morgan fingerprint density at radius 3 is 2.89 bits per heavy atom. The molecule has 2 heterocycles. The van der Waals surface area contributed by atoms with Gasteiger partial charge in [-0.25, -0.2) is 9.97 Å². The number of hydrogen-bond donors (Lipinski definition) is 2. The minimum absolute atomic E-state index is 0.275. The van der Waals surface area contributed by atoms with Crippen LogP contribution in [0, 0.1) is 0 Å². The van der Waals surface area contributed by atoms with Crippen LogP contribution in [0.4, 0.5) is 0 Å². The topological polar surface area (TPSA) is 58.5 Å². The summed E-state index contributed by atoms with van der Waals surface area (Å²) in [6, 6.07) is 0.275. The maximum atomic E-state index is 4.35. The first kappa shape index (κ1) is 12.8. The van der Waals surface area contributed by atoms with E-state index in [0.29, 0.717) is 0 Å². The predicted molar refractivity (Wildman–Crippen MR) is 71.2 cm³/mol. The van der Waals surface area contributed by atoms with Gasteiger partial charge in [0.15, 0.2) is 0 Å². The number of H-pyrrole nitrogens is 1. The van der Waals surface area contributed by atoms with Crippen LogP contribution < -0.4 is 5.32 Å². The molecule has 2 aromatic rings. The Balaban J connectivity index is 1.95. The molecule has 0 radical (unpaired) electrons. The molecule has 0 spiro atoms. The third kappa shape index (κ3) is 3.20. The quantitative estimate of drug-likeness (QED) is 0.784. The number of aryl methyl sites for hydroxylation is 2. The molecule has 0 fully saturated rings. The van der Waals surface area contributed by atoms with Crippen molar-refractivity contribution in [2.24, 2.45) is 7.05 Å². The Hall–Kier alpha value is -1.62. The van der Waals surface area contributed by atoms with Gasteiger partial charge in [0.2, 0.25) is 0 Å². The Bertz CT molecular complexity index is 446. The smallest absolute Gasteiger partial charge is 0.123 e. The van der Waals surface area contributed by atoms with Gasteiger partial charge in [-0.05, 0) is 19.4 Å². The molecule has 0 saturated heterocycles. The standard InChI is InChI=1S/C13H21N5/c1-3-6-14-11(13-16-7-8-17-13)4-5-12-15-9-10-18(12)2/h7-11,14H,3-6H2,1-2H3,(H,16,17).